The lowest BCUT2D eigenvalue weighted by Crippen LogP contribution is -2.30. The molecule has 0 heterocycles. The lowest BCUT2D eigenvalue weighted by Gasteiger charge is -2.21. The molecule has 19 heteroatoms. The maximum absolute atomic E-state index is 13.1. The summed E-state index contributed by atoms with van der Waals surface area (Å²) < 4.78 is 68.7. The smallest absolute Gasteiger partial charge is 0.462 e. The minimum absolute atomic E-state index is 0.108. The zero-order valence-corrected chi connectivity index (χ0v) is 67.3. The predicted molar refractivity (Wildman–Crippen MR) is 409 cm³/mol. The molecule has 0 aliphatic rings. The zero-order chi connectivity index (χ0) is 73.5. The second-order valence-electron chi connectivity index (χ2n) is 30.1. The molecule has 0 saturated heterocycles. The van der Waals surface area contributed by atoms with E-state index in [0.29, 0.717) is 25.7 Å². The molecule has 0 amide bonds. The van der Waals surface area contributed by atoms with Crippen LogP contribution in [0, 0.1) is 11.8 Å². The van der Waals surface area contributed by atoms with Crippen LogP contribution < -0.4 is 0 Å². The molecule has 17 nitrogen and oxygen atoms in total. The number of ether oxygens (including phenoxy) is 4. The Labute approximate surface area is 613 Å². The van der Waals surface area contributed by atoms with Crippen LogP contribution in [0.2, 0.25) is 0 Å². The van der Waals surface area contributed by atoms with Crippen LogP contribution in [-0.4, -0.2) is 96.7 Å². The molecule has 0 bridgehead atoms. The first kappa shape index (κ1) is 98.1. The second-order valence-corrected chi connectivity index (χ2v) is 33.0. The van der Waals surface area contributed by atoms with Gasteiger partial charge in [-0.2, -0.15) is 0 Å². The van der Waals surface area contributed by atoms with Crippen molar-refractivity contribution in [3.8, 4) is 0 Å². The summed E-state index contributed by atoms with van der Waals surface area (Å²) in [5.41, 5.74) is 0. The van der Waals surface area contributed by atoms with Crippen LogP contribution in [-0.2, 0) is 65.4 Å². The van der Waals surface area contributed by atoms with Crippen molar-refractivity contribution < 1.29 is 80.2 Å². The molecule has 0 aliphatic carbocycles. The highest BCUT2D eigenvalue weighted by Gasteiger charge is 2.30. The van der Waals surface area contributed by atoms with Crippen LogP contribution in [0.15, 0.2) is 0 Å². The number of hydrogen-bond acceptors (Lipinski definition) is 15. The second kappa shape index (κ2) is 72.6. The summed E-state index contributed by atoms with van der Waals surface area (Å²) in [6.07, 6.45) is 62.5. The Morgan fingerprint density at radius 1 is 0.270 bits per heavy atom. The van der Waals surface area contributed by atoms with Gasteiger partial charge >= 0.3 is 39.5 Å². The van der Waals surface area contributed by atoms with Crippen molar-refractivity contribution in [1.82, 2.24) is 0 Å². The third kappa shape index (κ3) is 74.3. The Morgan fingerprint density at radius 3 is 0.680 bits per heavy atom. The molecule has 0 radical (unpaired) electrons. The zero-order valence-electron chi connectivity index (χ0n) is 65.5. The van der Waals surface area contributed by atoms with Crippen molar-refractivity contribution in [1.29, 1.82) is 0 Å². The first-order valence-electron chi connectivity index (χ1n) is 42.0. The lowest BCUT2D eigenvalue weighted by atomic mass is 10.0. The van der Waals surface area contributed by atoms with Crippen molar-refractivity contribution in [3.63, 3.8) is 0 Å². The third-order valence-corrected chi connectivity index (χ3v) is 20.9. The number of rotatable bonds is 80. The Balaban J connectivity index is 5.20. The van der Waals surface area contributed by atoms with E-state index in [1.807, 2.05) is 0 Å². The lowest BCUT2D eigenvalue weighted by molar-refractivity contribution is -0.161. The molecule has 594 valence electrons. The van der Waals surface area contributed by atoms with Gasteiger partial charge in [0.15, 0.2) is 12.2 Å². The largest absolute Gasteiger partial charge is 0.472 e. The summed E-state index contributed by atoms with van der Waals surface area (Å²) in [7, 11) is -9.92. The number of carbonyl (C=O) groups excluding carboxylic acids is 4. The summed E-state index contributed by atoms with van der Waals surface area (Å²) in [4.78, 5) is 72.9. The molecule has 0 aromatic rings. The van der Waals surface area contributed by atoms with Gasteiger partial charge in [-0.1, -0.05) is 375 Å². The van der Waals surface area contributed by atoms with Gasteiger partial charge in [-0.3, -0.25) is 37.3 Å². The summed E-state index contributed by atoms with van der Waals surface area (Å²) >= 11 is 0. The molecule has 0 spiro atoms. The average molecular weight is 1470 g/mol. The van der Waals surface area contributed by atoms with Gasteiger partial charge in [0.25, 0.3) is 0 Å². The van der Waals surface area contributed by atoms with E-state index in [1.54, 1.807) is 0 Å². The third-order valence-electron chi connectivity index (χ3n) is 19.0. The molecule has 0 aromatic heterocycles. The topological polar surface area (TPSA) is 237 Å². The minimum Gasteiger partial charge on any atom is -0.462 e. The summed E-state index contributed by atoms with van der Waals surface area (Å²) in [6.45, 7) is 9.67. The summed E-state index contributed by atoms with van der Waals surface area (Å²) in [5, 5.41) is 10.6. The highest BCUT2D eigenvalue weighted by atomic mass is 31.2. The van der Waals surface area contributed by atoms with Crippen molar-refractivity contribution in [2.45, 2.75) is 445 Å². The van der Waals surface area contributed by atoms with Crippen molar-refractivity contribution in [3.05, 3.63) is 0 Å². The van der Waals surface area contributed by atoms with Gasteiger partial charge in [0.2, 0.25) is 0 Å². The van der Waals surface area contributed by atoms with Gasteiger partial charge in [-0.15, -0.1) is 0 Å². The number of hydrogen-bond donors (Lipinski definition) is 3. The first-order valence-corrected chi connectivity index (χ1v) is 45.0. The number of esters is 4. The Hall–Kier alpha value is -1.94. The molecule has 2 unspecified atom stereocenters. The van der Waals surface area contributed by atoms with E-state index in [9.17, 15) is 43.2 Å². The van der Waals surface area contributed by atoms with Gasteiger partial charge in [-0.25, -0.2) is 9.13 Å². The fourth-order valence-electron chi connectivity index (χ4n) is 12.5. The maximum Gasteiger partial charge on any atom is 0.472 e. The highest BCUT2D eigenvalue weighted by Crippen LogP contribution is 2.45. The molecule has 0 rings (SSSR count). The summed E-state index contributed by atoms with van der Waals surface area (Å²) in [5.74, 6) is -0.501. The Bertz CT molecular complexity index is 1920. The molecular formula is C81H158O17P2. The van der Waals surface area contributed by atoms with Gasteiger partial charge in [0.05, 0.1) is 26.4 Å². The van der Waals surface area contributed by atoms with Crippen molar-refractivity contribution >= 4 is 39.5 Å². The van der Waals surface area contributed by atoms with E-state index >= 15 is 0 Å². The first-order chi connectivity index (χ1) is 48.4. The molecule has 0 saturated carbocycles. The van der Waals surface area contributed by atoms with E-state index in [-0.39, 0.29) is 25.7 Å². The van der Waals surface area contributed by atoms with Crippen LogP contribution in [0.25, 0.3) is 0 Å². The molecule has 0 fully saturated rings. The number of unbranched alkanes of at least 4 members (excludes halogenated alkanes) is 50. The van der Waals surface area contributed by atoms with E-state index in [2.05, 4.69) is 41.5 Å². The van der Waals surface area contributed by atoms with Crippen LogP contribution >= 0.6 is 15.6 Å². The van der Waals surface area contributed by atoms with Gasteiger partial charge in [0, 0.05) is 25.7 Å². The number of phosphoric ester groups is 2. The van der Waals surface area contributed by atoms with Crippen molar-refractivity contribution in [2.24, 2.45) is 11.8 Å². The monoisotopic (exact) mass is 1470 g/mol. The highest BCUT2D eigenvalue weighted by molar-refractivity contribution is 7.47. The van der Waals surface area contributed by atoms with Crippen LogP contribution in [0.1, 0.15) is 427 Å². The molecule has 0 aliphatic heterocycles. The van der Waals surface area contributed by atoms with E-state index in [4.69, 9.17) is 37.0 Å². The predicted octanol–water partition coefficient (Wildman–Crippen LogP) is 24.3. The average Bonchev–Trinajstić information content (AvgIpc) is 0.951. The fourth-order valence-corrected chi connectivity index (χ4v) is 14.1. The SMILES string of the molecule is CCCCCCCCCCCCCCCCCCC(=O)O[C@H](COC(=O)CCCCCCCCCC)COP(=O)(O)OC[C@H](O)COP(=O)(O)OC[C@@H](COC(=O)CCCCCCCCCCCCCCCCC(C)C)OC(=O)CCCCCCCCCCCCCCCCCCC(C)C. The number of aliphatic hydroxyl groups excluding tert-OH is 1. The normalized spacial score (nSPS) is 13.9. The standard InChI is InChI=1S/C81H158O17P2/c1-7-9-11-13-15-17-18-19-20-24-31-36-41-47-53-59-65-80(85)97-76(69-91-78(83)63-57-51-45-16-14-12-10-8-2)71-95-99(87,88)93-67-75(82)68-94-100(89,90)96-72-77(70-92-79(84)64-58-52-46-40-35-30-27-26-29-34-39-44-50-56-62-74(5)6)98-81(86)66-60-54-48-42-37-32-25-22-21-23-28-33-38-43-49-55-61-73(3)4/h73-77,82H,7-72H2,1-6H3,(H,87,88)(H,89,90)/t75-,76+,77+/m0/s1. The van der Waals surface area contributed by atoms with Crippen LogP contribution in [0.4, 0.5) is 0 Å². The van der Waals surface area contributed by atoms with Crippen LogP contribution in [0.5, 0.6) is 0 Å². The van der Waals surface area contributed by atoms with Gasteiger partial charge in [0.1, 0.15) is 19.3 Å². The molecule has 5 atom stereocenters. The van der Waals surface area contributed by atoms with E-state index in [0.717, 1.165) is 108 Å². The molecule has 3 N–H and O–H groups in total. The number of carbonyl (C=O) groups is 4. The minimum atomic E-state index is -4.96. The van der Waals surface area contributed by atoms with E-state index < -0.39 is 97.5 Å². The van der Waals surface area contributed by atoms with Crippen molar-refractivity contribution in [2.75, 3.05) is 39.6 Å². The van der Waals surface area contributed by atoms with Gasteiger partial charge in [-0.05, 0) is 37.5 Å². The van der Waals surface area contributed by atoms with Crippen LogP contribution in [0.3, 0.4) is 0 Å². The number of phosphoric acid groups is 2. The summed E-state index contributed by atoms with van der Waals surface area (Å²) in [6, 6.07) is 0. The fraction of sp³-hybridized carbons (Fsp3) is 0.951. The number of aliphatic hydroxyl groups is 1. The Kier molecular flexibility index (Phi) is 71.2. The molecule has 0 aromatic carbocycles. The van der Waals surface area contributed by atoms with Gasteiger partial charge < -0.3 is 33.8 Å². The van der Waals surface area contributed by atoms with E-state index in [1.165, 1.54) is 238 Å². The Morgan fingerprint density at radius 2 is 0.460 bits per heavy atom. The molecular weight excluding hydrogens is 1310 g/mol. The quantitative estimate of drug-likeness (QED) is 0.0222. The molecule has 100 heavy (non-hydrogen) atoms. The maximum atomic E-state index is 13.1.